The van der Waals surface area contributed by atoms with Crippen molar-refractivity contribution in [1.82, 2.24) is 9.80 Å². The number of benzene rings is 2. The van der Waals surface area contributed by atoms with Crippen LogP contribution in [0.2, 0.25) is 5.02 Å². The van der Waals surface area contributed by atoms with Gasteiger partial charge >= 0.3 is 0 Å². The predicted molar refractivity (Wildman–Crippen MR) is 169 cm³/mol. The van der Waals surface area contributed by atoms with E-state index in [1.165, 1.54) is 0 Å². The summed E-state index contributed by atoms with van der Waals surface area (Å²) < 4.78 is 6.98. The third kappa shape index (κ3) is 4.61. The predicted octanol–water partition coefficient (Wildman–Crippen LogP) is 4.53. The van der Waals surface area contributed by atoms with Gasteiger partial charge in [-0.25, -0.2) is 0 Å². The minimum Gasteiger partial charge on any atom is -0.394 e. The van der Waals surface area contributed by atoms with Crippen LogP contribution in [0.5, 0.6) is 0 Å². The van der Waals surface area contributed by atoms with Crippen LogP contribution in [0.25, 0.3) is 0 Å². The van der Waals surface area contributed by atoms with Gasteiger partial charge in [-0.15, -0.1) is 0 Å². The molecule has 3 amide bonds. The molecule has 6 rings (SSSR count). The highest BCUT2D eigenvalue weighted by atomic mass is 35.5. The number of amides is 3. The molecule has 4 heterocycles. The maximum Gasteiger partial charge on any atom is 0.253 e. The van der Waals surface area contributed by atoms with E-state index in [1.54, 1.807) is 20.8 Å². The average molecular weight is 618 g/mol. The van der Waals surface area contributed by atoms with Crippen LogP contribution in [0, 0.1) is 24.7 Å². The van der Waals surface area contributed by atoms with Crippen LogP contribution in [0.15, 0.2) is 72.8 Å². The molecule has 8 nitrogen and oxygen atoms in total. The van der Waals surface area contributed by atoms with E-state index in [2.05, 4.69) is 0 Å². The Kier molecular flexibility index (Phi) is 7.97. The van der Waals surface area contributed by atoms with Gasteiger partial charge in [0.15, 0.2) is 0 Å². The third-order valence-corrected chi connectivity index (χ3v) is 10.4. The topological polar surface area (TPSA) is 90.4 Å². The fourth-order valence-corrected chi connectivity index (χ4v) is 8.12. The molecule has 1 spiro atoms. The SMILES string of the molecule is CC[C@H](C)[C@H](CO)N1C(=O)[C@@H]2[C@H]3C(=O)N(Cc4ccccc4)CC=C[C@@]3(C)O[C@@]23C=CCN(c2c(C)cccc2Cl)C(=O)C13. The number of halogens is 1. The van der Waals surface area contributed by atoms with Crippen molar-refractivity contribution in [3.8, 4) is 0 Å². The number of aliphatic hydroxyl groups is 1. The average Bonchev–Trinajstić information content (AvgIpc) is 3.28. The second kappa shape index (κ2) is 11.5. The number of ether oxygens (including phenoxy) is 1. The van der Waals surface area contributed by atoms with Gasteiger partial charge in [-0.1, -0.05) is 98.6 Å². The highest BCUT2D eigenvalue weighted by Crippen LogP contribution is 2.58. The highest BCUT2D eigenvalue weighted by molar-refractivity contribution is 6.34. The lowest BCUT2D eigenvalue weighted by Gasteiger charge is -2.41. The van der Waals surface area contributed by atoms with Gasteiger partial charge in [0, 0.05) is 19.6 Å². The van der Waals surface area contributed by atoms with Crippen molar-refractivity contribution in [3.63, 3.8) is 0 Å². The molecule has 0 radical (unpaired) electrons. The van der Waals surface area contributed by atoms with Gasteiger partial charge in [-0.2, -0.15) is 0 Å². The summed E-state index contributed by atoms with van der Waals surface area (Å²) >= 11 is 6.67. The lowest BCUT2D eigenvalue weighted by molar-refractivity contribution is -0.152. The number of fused-ring (bicyclic) bond motifs is 2. The zero-order valence-corrected chi connectivity index (χ0v) is 26.4. The summed E-state index contributed by atoms with van der Waals surface area (Å²) in [6.45, 7) is 8.36. The van der Waals surface area contributed by atoms with Crippen LogP contribution in [0.1, 0.15) is 38.3 Å². The van der Waals surface area contributed by atoms with Crippen LogP contribution in [0.3, 0.4) is 0 Å². The Morgan fingerprint density at radius 1 is 0.977 bits per heavy atom. The fourth-order valence-electron chi connectivity index (χ4n) is 7.79. The number of likely N-dealkylation sites (tertiary alicyclic amines) is 1. The van der Waals surface area contributed by atoms with Crippen molar-refractivity contribution in [2.45, 2.75) is 63.9 Å². The van der Waals surface area contributed by atoms with Gasteiger partial charge in [0.1, 0.15) is 11.6 Å². The van der Waals surface area contributed by atoms with Crippen LogP contribution < -0.4 is 4.90 Å². The van der Waals surface area contributed by atoms with Crippen molar-refractivity contribution in [3.05, 3.63) is 89.0 Å². The number of hydrogen-bond acceptors (Lipinski definition) is 5. The van der Waals surface area contributed by atoms with Crippen LogP contribution in [-0.4, -0.2) is 75.6 Å². The third-order valence-electron chi connectivity index (χ3n) is 10.1. The van der Waals surface area contributed by atoms with Crippen molar-refractivity contribution in [2.75, 3.05) is 24.6 Å². The Labute approximate surface area is 263 Å². The van der Waals surface area contributed by atoms with Crippen LogP contribution in [0.4, 0.5) is 5.69 Å². The second-order valence-corrected chi connectivity index (χ2v) is 13.1. The molecule has 2 aromatic rings. The monoisotopic (exact) mass is 617 g/mol. The molecule has 2 fully saturated rings. The molecule has 0 aliphatic carbocycles. The molecule has 7 atom stereocenters. The molecule has 1 unspecified atom stereocenters. The van der Waals surface area contributed by atoms with E-state index < -0.39 is 35.1 Å². The van der Waals surface area contributed by atoms with E-state index in [-0.39, 0.29) is 36.8 Å². The normalized spacial score (nSPS) is 31.0. The molecule has 232 valence electrons. The minimum atomic E-state index is -1.42. The quantitative estimate of drug-likeness (QED) is 0.461. The lowest BCUT2D eigenvalue weighted by atomic mass is 9.74. The van der Waals surface area contributed by atoms with E-state index in [4.69, 9.17) is 16.3 Å². The maximum atomic E-state index is 14.9. The molecule has 1 N–H and O–H groups in total. The molecule has 4 aliphatic heterocycles. The molecule has 0 saturated carbocycles. The fraction of sp³-hybridized carbons (Fsp3) is 0.457. The lowest BCUT2D eigenvalue weighted by Crippen LogP contribution is -2.60. The van der Waals surface area contributed by atoms with Crippen LogP contribution >= 0.6 is 11.6 Å². The van der Waals surface area contributed by atoms with Gasteiger partial charge in [-0.3, -0.25) is 14.4 Å². The minimum absolute atomic E-state index is 0.110. The van der Waals surface area contributed by atoms with E-state index in [0.717, 1.165) is 11.1 Å². The maximum absolute atomic E-state index is 14.9. The van der Waals surface area contributed by atoms with Gasteiger partial charge in [0.2, 0.25) is 11.8 Å². The van der Waals surface area contributed by atoms with Crippen molar-refractivity contribution >= 4 is 35.0 Å². The summed E-state index contributed by atoms with van der Waals surface area (Å²) in [5.41, 5.74) is -0.172. The number of carbonyl (C=O) groups is 3. The summed E-state index contributed by atoms with van der Waals surface area (Å²) in [4.78, 5) is 49.1. The Morgan fingerprint density at radius 3 is 2.39 bits per heavy atom. The number of nitrogens with zero attached hydrogens (tertiary/aromatic N) is 3. The zero-order chi connectivity index (χ0) is 31.4. The Bertz CT molecular complexity index is 1510. The van der Waals surface area contributed by atoms with Gasteiger partial charge < -0.3 is 24.5 Å². The first-order valence-electron chi connectivity index (χ1n) is 15.5. The van der Waals surface area contributed by atoms with E-state index in [0.29, 0.717) is 30.2 Å². The molecule has 0 bridgehead atoms. The first kappa shape index (κ1) is 30.6. The first-order chi connectivity index (χ1) is 21.1. The Morgan fingerprint density at radius 2 is 1.70 bits per heavy atom. The molecule has 44 heavy (non-hydrogen) atoms. The number of para-hydroxylation sites is 1. The smallest absolute Gasteiger partial charge is 0.253 e. The molecule has 4 aliphatic rings. The van der Waals surface area contributed by atoms with E-state index in [1.807, 2.05) is 94.5 Å². The first-order valence-corrected chi connectivity index (χ1v) is 15.8. The van der Waals surface area contributed by atoms with Gasteiger partial charge in [-0.05, 0) is 37.0 Å². The summed E-state index contributed by atoms with van der Waals surface area (Å²) in [6, 6.07) is 13.5. The molecule has 9 heteroatoms. The number of aryl methyl sites for hydroxylation is 1. The molecular weight excluding hydrogens is 578 g/mol. The molecule has 2 aromatic carbocycles. The number of rotatable bonds is 7. The largest absolute Gasteiger partial charge is 0.394 e. The Balaban J connectivity index is 1.49. The van der Waals surface area contributed by atoms with Crippen molar-refractivity contribution in [1.29, 1.82) is 0 Å². The Hall–Kier alpha value is -3.46. The number of anilines is 1. The van der Waals surface area contributed by atoms with Gasteiger partial charge in [0.25, 0.3) is 5.91 Å². The number of carbonyl (C=O) groups excluding carboxylic acids is 3. The van der Waals surface area contributed by atoms with Crippen LogP contribution in [-0.2, 0) is 25.7 Å². The summed E-state index contributed by atoms with van der Waals surface area (Å²) in [5, 5.41) is 11.1. The molecular formula is C35H40ClN3O5. The van der Waals surface area contributed by atoms with Crippen molar-refractivity contribution < 1.29 is 24.2 Å². The summed E-state index contributed by atoms with van der Waals surface area (Å²) in [7, 11) is 0. The molecule has 0 aromatic heterocycles. The number of hydrogen-bond donors (Lipinski definition) is 1. The number of aliphatic hydroxyl groups excluding tert-OH is 1. The highest BCUT2D eigenvalue weighted by Gasteiger charge is 2.75. The van der Waals surface area contributed by atoms with Crippen molar-refractivity contribution in [2.24, 2.45) is 17.8 Å². The standard InChI is InChI=1S/C35H40ClN3O5/c1-5-22(2)26(21-40)39-30-33(43)38(29-23(3)12-9-15-25(29)36)19-11-17-35(30)28(32(39)42)27-31(41)37(18-10-16-34(27,4)44-35)20-24-13-7-6-8-14-24/h6-17,22,26-28,30,40H,5,18-21H2,1-4H3/t22-,26-,27-,28-,30?,34+,35-/m0/s1. The van der Waals surface area contributed by atoms with Gasteiger partial charge in [0.05, 0.1) is 40.8 Å². The summed E-state index contributed by atoms with van der Waals surface area (Å²) in [5.74, 6) is -2.82. The zero-order valence-electron chi connectivity index (χ0n) is 25.7. The summed E-state index contributed by atoms with van der Waals surface area (Å²) in [6.07, 6.45) is 8.18. The van der Waals surface area contributed by atoms with E-state index >= 15 is 0 Å². The second-order valence-electron chi connectivity index (χ2n) is 12.7. The van der Waals surface area contributed by atoms with E-state index in [9.17, 15) is 19.5 Å². The molecule has 2 saturated heterocycles.